The molecular formula is C7H11N5O4. The SMILES string of the molecule is N=C(N)c1nonc1OCC(=O)NCCO. The number of nitrogens with two attached hydrogens (primary N) is 1. The lowest BCUT2D eigenvalue weighted by Crippen LogP contribution is -2.31. The van der Waals surface area contributed by atoms with Crippen LogP contribution in [0.3, 0.4) is 0 Å². The number of amides is 1. The van der Waals surface area contributed by atoms with Crippen LogP contribution in [0.15, 0.2) is 4.63 Å². The van der Waals surface area contributed by atoms with Gasteiger partial charge in [-0.2, -0.15) is 0 Å². The Labute approximate surface area is 90.0 Å². The molecule has 9 heteroatoms. The summed E-state index contributed by atoms with van der Waals surface area (Å²) in [6, 6.07) is 0. The quantitative estimate of drug-likeness (QED) is 0.321. The molecule has 0 atom stereocenters. The van der Waals surface area contributed by atoms with E-state index in [1.807, 2.05) is 0 Å². The predicted molar refractivity (Wildman–Crippen MR) is 50.9 cm³/mol. The van der Waals surface area contributed by atoms with Gasteiger partial charge in [0.15, 0.2) is 12.4 Å². The third kappa shape index (κ3) is 3.20. The van der Waals surface area contributed by atoms with Gasteiger partial charge in [-0.05, 0) is 10.3 Å². The summed E-state index contributed by atoms with van der Waals surface area (Å²) in [6.45, 7) is -0.344. The second kappa shape index (κ2) is 5.66. The molecule has 9 nitrogen and oxygen atoms in total. The minimum Gasteiger partial charge on any atom is -0.464 e. The first-order chi connectivity index (χ1) is 7.65. The Morgan fingerprint density at radius 2 is 2.38 bits per heavy atom. The van der Waals surface area contributed by atoms with Crippen LogP contribution in [0.4, 0.5) is 0 Å². The van der Waals surface area contributed by atoms with Crippen LogP contribution < -0.4 is 15.8 Å². The standard InChI is InChI=1S/C7H11N5O4/c8-6(9)5-7(12-16-11-5)15-3-4(14)10-1-2-13/h13H,1-3H2,(H3,8,9)(H,10,14). The third-order valence-corrected chi connectivity index (χ3v) is 1.49. The van der Waals surface area contributed by atoms with Gasteiger partial charge in [0.1, 0.15) is 0 Å². The van der Waals surface area contributed by atoms with E-state index in [1.165, 1.54) is 0 Å². The largest absolute Gasteiger partial charge is 0.464 e. The smallest absolute Gasteiger partial charge is 0.287 e. The van der Waals surface area contributed by atoms with Crippen LogP contribution in [0.2, 0.25) is 0 Å². The van der Waals surface area contributed by atoms with Crippen molar-refractivity contribution < 1.29 is 19.3 Å². The van der Waals surface area contributed by atoms with E-state index in [-0.39, 0.29) is 37.2 Å². The van der Waals surface area contributed by atoms with Crippen LogP contribution in [0.25, 0.3) is 0 Å². The molecule has 0 spiro atoms. The number of aliphatic hydroxyl groups excluding tert-OH is 1. The summed E-state index contributed by atoms with van der Waals surface area (Å²) in [5.41, 5.74) is 5.09. The Morgan fingerprint density at radius 1 is 1.62 bits per heavy atom. The predicted octanol–water partition coefficient (Wildman–Crippen LogP) is -2.16. The maximum atomic E-state index is 11.1. The fourth-order valence-corrected chi connectivity index (χ4v) is 0.820. The number of nitrogens with zero attached hydrogens (tertiary/aromatic N) is 2. The van der Waals surface area contributed by atoms with Crippen molar-refractivity contribution in [3.05, 3.63) is 5.69 Å². The molecule has 1 rings (SSSR count). The van der Waals surface area contributed by atoms with Gasteiger partial charge in [-0.1, -0.05) is 0 Å². The second-order valence-electron chi connectivity index (χ2n) is 2.69. The van der Waals surface area contributed by atoms with Crippen molar-refractivity contribution in [3.63, 3.8) is 0 Å². The number of carbonyl (C=O) groups excluding carboxylic acids is 1. The fourth-order valence-electron chi connectivity index (χ4n) is 0.820. The molecule has 0 unspecified atom stereocenters. The van der Waals surface area contributed by atoms with Crippen LogP contribution >= 0.6 is 0 Å². The zero-order chi connectivity index (χ0) is 12.0. The Balaban J connectivity index is 2.45. The van der Waals surface area contributed by atoms with Gasteiger partial charge in [-0.25, -0.2) is 4.63 Å². The van der Waals surface area contributed by atoms with Gasteiger partial charge in [0.25, 0.3) is 11.8 Å². The molecule has 0 aliphatic rings. The molecule has 0 fully saturated rings. The Bertz CT molecular complexity index is 377. The highest BCUT2D eigenvalue weighted by Gasteiger charge is 2.15. The second-order valence-corrected chi connectivity index (χ2v) is 2.69. The summed E-state index contributed by atoms with van der Waals surface area (Å²) < 4.78 is 9.22. The van der Waals surface area contributed by atoms with Crippen molar-refractivity contribution in [1.82, 2.24) is 15.6 Å². The lowest BCUT2D eigenvalue weighted by Gasteiger charge is -2.03. The summed E-state index contributed by atoms with van der Waals surface area (Å²) in [6.07, 6.45) is 0. The Morgan fingerprint density at radius 3 is 3.00 bits per heavy atom. The Hall–Kier alpha value is -2.16. The normalized spacial score (nSPS) is 9.81. The summed E-state index contributed by atoms with van der Waals surface area (Å²) in [7, 11) is 0. The van der Waals surface area contributed by atoms with E-state index in [1.54, 1.807) is 0 Å². The molecular weight excluding hydrogens is 218 g/mol. The van der Waals surface area contributed by atoms with E-state index < -0.39 is 5.91 Å². The number of ether oxygens (including phenoxy) is 1. The van der Waals surface area contributed by atoms with Crippen LogP contribution in [0, 0.1) is 5.41 Å². The molecule has 0 radical (unpaired) electrons. The maximum absolute atomic E-state index is 11.1. The maximum Gasteiger partial charge on any atom is 0.287 e. The third-order valence-electron chi connectivity index (χ3n) is 1.49. The summed E-state index contributed by atoms with van der Waals surface area (Å²) in [5.74, 6) is -0.926. The van der Waals surface area contributed by atoms with Crippen LogP contribution in [-0.4, -0.2) is 46.9 Å². The Kier molecular flexibility index (Phi) is 4.21. The monoisotopic (exact) mass is 229 g/mol. The van der Waals surface area contributed by atoms with E-state index in [9.17, 15) is 4.79 Å². The molecule has 88 valence electrons. The summed E-state index contributed by atoms with van der Waals surface area (Å²) in [4.78, 5) is 11.1. The highest BCUT2D eigenvalue weighted by Crippen LogP contribution is 2.10. The lowest BCUT2D eigenvalue weighted by atomic mass is 10.4. The molecule has 1 aromatic rings. The molecule has 0 bridgehead atoms. The number of hydrogen-bond donors (Lipinski definition) is 4. The van der Waals surface area contributed by atoms with E-state index in [0.717, 1.165) is 0 Å². The zero-order valence-electron chi connectivity index (χ0n) is 8.27. The number of carbonyl (C=O) groups is 1. The number of hydrogen-bond acceptors (Lipinski definition) is 7. The van der Waals surface area contributed by atoms with E-state index in [0.29, 0.717) is 0 Å². The molecule has 0 saturated heterocycles. The van der Waals surface area contributed by atoms with Gasteiger partial charge >= 0.3 is 0 Å². The lowest BCUT2D eigenvalue weighted by molar-refractivity contribution is -0.123. The number of rotatable bonds is 6. The summed E-state index contributed by atoms with van der Waals surface area (Å²) in [5, 5.41) is 24.6. The van der Waals surface area contributed by atoms with Crippen LogP contribution in [0.5, 0.6) is 5.88 Å². The number of nitrogen functional groups attached to an aromatic ring is 1. The van der Waals surface area contributed by atoms with E-state index in [2.05, 4.69) is 20.3 Å². The summed E-state index contributed by atoms with van der Waals surface area (Å²) >= 11 is 0. The number of nitrogens with one attached hydrogen (secondary N) is 2. The first-order valence-electron chi connectivity index (χ1n) is 4.32. The van der Waals surface area contributed by atoms with E-state index >= 15 is 0 Å². The minimum atomic E-state index is -0.438. The molecule has 0 saturated carbocycles. The molecule has 1 aromatic heterocycles. The molecule has 1 heterocycles. The topological polar surface area (TPSA) is 147 Å². The van der Waals surface area contributed by atoms with Crippen LogP contribution in [-0.2, 0) is 4.79 Å². The highest BCUT2D eigenvalue weighted by molar-refractivity contribution is 5.94. The van der Waals surface area contributed by atoms with Crippen LogP contribution in [0.1, 0.15) is 5.69 Å². The van der Waals surface area contributed by atoms with Gasteiger partial charge in [0.2, 0.25) is 5.69 Å². The number of aliphatic hydroxyl groups is 1. The average Bonchev–Trinajstić information content (AvgIpc) is 2.71. The minimum absolute atomic E-state index is 0.0602. The average molecular weight is 229 g/mol. The molecule has 1 amide bonds. The van der Waals surface area contributed by atoms with Gasteiger partial charge < -0.3 is 20.9 Å². The molecule has 0 aliphatic heterocycles. The first-order valence-corrected chi connectivity index (χ1v) is 4.32. The highest BCUT2D eigenvalue weighted by atomic mass is 16.6. The van der Waals surface area contributed by atoms with E-state index in [4.69, 9.17) is 21.0 Å². The van der Waals surface area contributed by atoms with Gasteiger partial charge in [0, 0.05) is 6.54 Å². The van der Waals surface area contributed by atoms with Crippen molar-refractivity contribution >= 4 is 11.7 Å². The first kappa shape index (κ1) is 11.9. The van der Waals surface area contributed by atoms with Crippen molar-refractivity contribution in [2.75, 3.05) is 19.8 Å². The zero-order valence-corrected chi connectivity index (χ0v) is 8.27. The molecule has 16 heavy (non-hydrogen) atoms. The van der Waals surface area contributed by atoms with Gasteiger partial charge in [-0.15, -0.1) is 0 Å². The van der Waals surface area contributed by atoms with Crippen molar-refractivity contribution in [2.24, 2.45) is 5.73 Å². The van der Waals surface area contributed by atoms with Crippen molar-refractivity contribution in [2.45, 2.75) is 0 Å². The molecule has 0 aliphatic carbocycles. The fraction of sp³-hybridized carbons (Fsp3) is 0.429. The number of aromatic nitrogens is 2. The molecule has 0 aromatic carbocycles. The van der Waals surface area contributed by atoms with Gasteiger partial charge in [0.05, 0.1) is 6.61 Å². The van der Waals surface area contributed by atoms with Crippen molar-refractivity contribution in [1.29, 1.82) is 5.41 Å². The van der Waals surface area contributed by atoms with Crippen molar-refractivity contribution in [3.8, 4) is 5.88 Å². The van der Waals surface area contributed by atoms with Gasteiger partial charge in [-0.3, -0.25) is 10.2 Å². The molecule has 5 N–H and O–H groups in total. The number of amidine groups is 1.